The maximum atomic E-state index is 11.0. The Morgan fingerprint density at radius 1 is 1.23 bits per heavy atom. The Bertz CT molecular complexity index is 1120. The zero-order valence-corrected chi connectivity index (χ0v) is 18.4. The van der Waals surface area contributed by atoms with E-state index >= 15 is 0 Å². The molecule has 1 aliphatic carbocycles. The minimum Gasteiger partial charge on any atom is -0.493 e. The van der Waals surface area contributed by atoms with E-state index in [9.17, 15) is 4.79 Å². The van der Waals surface area contributed by atoms with Crippen LogP contribution in [0.4, 0.5) is 0 Å². The summed E-state index contributed by atoms with van der Waals surface area (Å²) >= 11 is 1.67. The van der Waals surface area contributed by atoms with Crippen molar-refractivity contribution < 1.29 is 14.6 Å². The Balaban J connectivity index is 1.71. The molecule has 1 aromatic heterocycles. The van der Waals surface area contributed by atoms with Crippen molar-refractivity contribution in [1.82, 2.24) is 4.57 Å². The molecule has 4 rings (SSSR count). The fraction of sp³-hybridized carbons (Fsp3) is 0.417. The number of nitrogens with zero attached hydrogens (tertiary/aromatic N) is 2. The average molecular weight is 425 g/mol. The van der Waals surface area contributed by atoms with E-state index < -0.39 is 5.97 Å². The van der Waals surface area contributed by atoms with Crippen LogP contribution in [0.5, 0.6) is 5.75 Å². The van der Waals surface area contributed by atoms with E-state index in [4.69, 9.17) is 9.84 Å². The van der Waals surface area contributed by atoms with Crippen LogP contribution < -0.4 is 9.54 Å². The molecule has 0 bridgehead atoms. The molecule has 158 valence electrons. The van der Waals surface area contributed by atoms with Crippen molar-refractivity contribution in [2.75, 3.05) is 13.7 Å². The second-order valence-corrected chi connectivity index (χ2v) is 9.04. The zero-order valence-electron chi connectivity index (χ0n) is 17.6. The number of rotatable bonds is 7. The molecule has 0 atom stereocenters. The number of fused-ring (bicyclic) bond motifs is 1. The van der Waals surface area contributed by atoms with Crippen LogP contribution in [0.25, 0.3) is 21.3 Å². The number of aliphatic carboxylic acids is 1. The molecular formula is C24H28N2O3S. The standard InChI is InChI=1S/C24H28N2O3S/c1-25-24-26(2)20-10-9-18(14-22(20)30-24)19-13-16(8-12-23(27)28)7-11-21(19)29-15-17-5-3-4-6-17/h7,9-11,13-14,17H,3-6,8,12,15H2,1-2H3,(H,27,28)/b25-24+. The summed E-state index contributed by atoms with van der Waals surface area (Å²) in [6.07, 6.45) is 5.72. The second-order valence-electron chi connectivity index (χ2n) is 8.04. The summed E-state index contributed by atoms with van der Waals surface area (Å²) in [5.74, 6) is 0.736. The number of aryl methyl sites for hydroxylation is 2. The summed E-state index contributed by atoms with van der Waals surface area (Å²) in [5, 5.41) is 9.06. The van der Waals surface area contributed by atoms with Gasteiger partial charge in [0.2, 0.25) is 0 Å². The van der Waals surface area contributed by atoms with Crippen molar-refractivity contribution in [3.05, 3.63) is 46.8 Å². The number of ether oxygens (including phenoxy) is 1. The van der Waals surface area contributed by atoms with Gasteiger partial charge in [0.05, 0.1) is 16.8 Å². The maximum absolute atomic E-state index is 11.0. The van der Waals surface area contributed by atoms with Gasteiger partial charge in [0.25, 0.3) is 0 Å². The van der Waals surface area contributed by atoms with Crippen molar-refractivity contribution in [2.45, 2.75) is 38.5 Å². The van der Waals surface area contributed by atoms with Gasteiger partial charge in [0, 0.05) is 26.1 Å². The van der Waals surface area contributed by atoms with Gasteiger partial charge in [0.1, 0.15) is 5.75 Å². The Labute approximate surface area is 180 Å². The normalized spacial score (nSPS) is 15.2. The molecule has 6 heteroatoms. The Morgan fingerprint density at radius 3 is 2.77 bits per heavy atom. The number of carbonyl (C=O) groups is 1. The lowest BCUT2D eigenvalue weighted by Crippen LogP contribution is -2.09. The first-order valence-corrected chi connectivity index (χ1v) is 11.4. The summed E-state index contributed by atoms with van der Waals surface area (Å²) in [6.45, 7) is 0.747. The van der Waals surface area contributed by atoms with Gasteiger partial charge in [-0.25, -0.2) is 0 Å². The number of carboxylic acids is 1. The molecule has 1 saturated carbocycles. The van der Waals surface area contributed by atoms with E-state index in [1.807, 2.05) is 26.2 Å². The first kappa shape index (κ1) is 20.7. The average Bonchev–Trinajstić information content (AvgIpc) is 3.38. The number of thiazole rings is 1. The maximum Gasteiger partial charge on any atom is 0.303 e. The van der Waals surface area contributed by atoms with Crippen molar-refractivity contribution in [3.63, 3.8) is 0 Å². The van der Waals surface area contributed by atoms with Gasteiger partial charge in [-0.1, -0.05) is 36.3 Å². The van der Waals surface area contributed by atoms with Crippen LogP contribution >= 0.6 is 11.3 Å². The molecule has 0 radical (unpaired) electrons. The smallest absolute Gasteiger partial charge is 0.303 e. The quantitative estimate of drug-likeness (QED) is 0.579. The number of hydrogen-bond donors (Lipinski definition) is 1. The molecule has 0 aliphatic heterocycles. The van der Waals surface area contributed by atoms with E-state index in [1.165, 1.54) is 30.4 Å². The highest BCUT2D eigenvalue weighted by Crippen LogP contribution is 2.35. The van der Waals surface area contributed by atoms with Crippen LogP contribution in [-0.4, -0.2) is 29.3 Å². The molecule has 5 nitrogen and oxygen atoms in total. The molecule has 1 aliphatic rings. The molecule has 2 aromatic carbocycles. The SMILES string of the molecule is C/N=c1/sc2cc(-c3cc(CCC(=O)O)ccc3OCC3CCCC3)ccc2n1C. The van der Waals surface area contributed by atoms with Gasteiger partial charge in [-0.15, -0.1) is 0 Å². The highest BCUT2D eigenvalue weighted by atomic mass is 32.1. The zero-order chi connectivity index (χ0) is 21.1. The van der Waals surface area contributed by atoms with E-state index in [0.29, 0.717) is 12.3 Å². The summed E-state index contributed by atoms with van der Waals surface area (Å²) in [6, 6.07) is 12.5. The van der Waals surface area contributed by atoms with Crippen LogP contribution in [-0.2, 0) is 18.3 Å². The van der Waals surface area contributed by atoms with Crippen LogP contribution in [0, 0.1) is 5.92 Å². The highest BCUT2D eigenvalue weighted by Gasteiger charge is 2.17. The lowest BCUT2D eigenvalue weighted by molar-refractivity contribution is -0.136. The molecule has 0 spiro atoms. The van der Waals surface area contributed by atoms with Gasteiger partial charge >= 0.3 is 5.97 Å². The van der Waals surface area contributed by atoms with Crippen LogP contribution in [0.2, 0.25) is 0 Å². The summed E-state index contributed by atoms with van der Waals surface area (Å²) in [5.41, 5.74) is 4.29. The number of benzene rings is 2. The van der Waals surface area contributed by atoms with Gasteiger partial charge in [0.15, 0.2) is 4.80 Å². The van der Waals surface area contributed by atoms with Crippen LogP contribution in [0.1, 0.15) is 37.7 Å². The fourth-order valence-corrected chi connectivity index (χ4v) is 5.24. The summed E-state index contributed by atoms with van der Waals surface area (Å²) in [7, 11) is 3.84. The van der Waals surface area contributed by atoms with Crippen molar-refractivity contribution in [1.29, 1.82) is 0 Å². The topological polar surface area (TPSA) is 63.8 Å². The van der Waals surface area contributed by atoms with Crippen LogP contribution in [0.3, 0.4) is 0 Å². The van der Waals surface area contributed by atoms with E-state index in [1.54, 1.807) is 11.3 Å². The molecular weight excluding hydrogens is 396 g/mol. The monoisotopic (exact) mass is 424 g/mol. The third-order valence-electron chi connectivity index (χ3n) is 5.93. The molecule has 0 unspecified atom stereocenters. The lowest BCUT2D eigenvalue weighted by atomic mass is 9.99. The van der Waals surface area contributed by atoms with E-state index in [-0.39, 0.29) is 6.42 Å². The Kier molecular flexibility index (Phi) is 6.23. The second kappa shape index (κ2) is 9.04. The number of hydrogen-bond acceptors (Lipinski definition) is 4. The van der Waals surface area contributed by atoms with Crippen molar-refractivity contribution >= 4 is 27.5 Å². The molecule has 1 N–H and O–H groups in total. The molecule has 0 amide bonds. The van der Waals surface area contributed by atoms with Gasteiger partial charge in [-0.3, -0.25) is 9.79 Å². The fourth-order valence-electron chi connectivity index (χ4n) is 4.23. The third kappa shape index (κ3) is 4.43. The largest absolute Gasteiger partial charge is 0.493 e. The van der Waals surface area contributed by atoms with Gasteiger partial charge < -0.3 is 14.4 Å². The predicted octanol–water partition coefficient (Wildman–Crippen LogP) is 5.02. The van der Waals surface area contributed by atoms with E-state index in [0.717, 1.165) is 39.4 Å². The molecule has 1 heterocycles. The van der Waals surface area contributed by atoms with E-state index in [2.05, 4.69) is 33.8 Å². The van der Waals surface area contributed by atoms with Crippen molar-refractivity contribution in [3.8, 4) is 16.9 Å². The third-order valence-corrected chi connectivity index (χ3v) is 7.12. The molecule has 0 saturated heterocycles. The lowest BCUT2D eigenvalue weighted by Gasteiger charge is -2.16. The number of aromatic nitrogens is 1. The van der Waals surface area contributed by atoms with Crippen LogP contribution in [0.15, 0.2) is 41.4 Å². The molecule has 3 aromatic rings. The minimum atomic E-state index is -0.776. The Morgan fingerprint density at radius 2 is 2.03 bits per heavy atom. The minimum absolute atomic E-state index is 0.128. The molecule has 1 fully saturated rings. The number of carboxylic acid groups (broad SMARTS) is 1. The predicted molar refractivity (Wildman–Crippen MR) is 121 cm³/mol. The first-order chi connectivity index (χ1) is 14.5. The van der Waals surface area contributed by atoms with Crippen molar-refractivity contribution in [2.24, 2.45) is 18.0 Å². The summed E-state index contributed by atoms with van der Waals surface area (Å²) in [4.78, 5) is 16.4. The Hall–Kier alpha value is -2.60. The summed E-state index contributed by atoms with van der Waals surface area (Å²) < 4.78 is 9.56. The van der Waals surface area contributed by atoms with Gasteiger partial charge in [-0.05, 0) is 60.6 Å². The first-order valence-electron chi connectivity index (χ1n) is 10.6. The highest BCUT2D eigenvalue weighted by molar-refractivity contribution is 7.16. The van der Waals surface area contributed by atoms with Gasteiger partial charge in [-0.2, -0.15) is 0 Å². The molecule has 30 heavy (non-hydrogen) atoms.